The van der Waals surface area contributed by atoms with Gasteiger partial charge < -0.3 is 19.9 Å². The number of nitrogens with one attached hydrogen (secondary N) is 2. The second-order valence-electron chi connectivity index (χ2n) is 11.5. The molecule has 2 aliphatic heterocycles. The number of piperazine rings is 1. The van der Waals surface area contributed by atoms with E-state index in [0.29, 0.717) is 18.5 Å². The lowest BCUT2D eigenvalue weighted by atomic mass is 9.89. The summed E-state index contributed by atoms with van der Waals surface area (Å²) in [6.45, 7) is 7.23. The lowest BCUT2D eigenvalue weighted by Crippen LogP contribution is -2.45. The normalized spacial score (nSPS) is 20.4. The number of rotatable bonds is 6. The van der Waals surface area contributed by atoms with Gasteiger partial charge in [0.25, 0.3) is 0 Å². The van der Waals surface area contributed by atoms with Gasteiger partial charge in [-0.2, -0.15) is 10.1 Å². The Morgan fingerprint density at radius 1 is 1.08 bits per heavy atom. The minimum absolute atomic E-state index is 0.196. The van der Waals surface area contributed by atoms with Crippen molar-refractivity contribution in [1.82, 2.24) is 30.0 Å². The van der Waals surface area contributed by atoms with Crippen LogP contribution in [0.5, 0.6) is 5.75 Å². The van der Waals surface area contributed by atoms with Crippen LogP contribution in [0.1, 0.15) is 42.7 Å². The van der Waals surface area contributed by atoms with Crippen molar-refractivity contribution in [2.45, 2.75) is 51.1 Å². The fraction of sp³-hybridized carbons (Fsp3) is 0.500. The van der Waals surface area contributed by atoms with Crippen LogP contribution in [-0.2, 0) is 6.54 Å². The number of ether oxygens (including phenoxy) is 1. The van der Waals surface area contributed by atoms with Crippen molar-refractivity contribution in [3.63, 3.8) is 0 Å². The van der Waals surface area contributed by atoms with Crippen LogP contribution in [0.2, 0.25) is 0 Å². The number of likely N-dealkylation sites (N-methyl/N-ethyl adjacent to an activating group) is 1. The number of likely N-dealkylation sites (tertiary alicyclic amines) is 1. The second kappa shape index (κ2) is 9.64. The SMILES string of the molecule is COc1c(-c2c(C)ccc3[nH]ncc23)c(C2CC2)cc2c(N3CCNCC3)nc(=O)n(CC3CCCN3C)c12. The lowest BCUT2D eigenvalue weighted by molar-refractivity contribution is 0.281. The maximum absolute atomic E-state index is 13.9. The van der Waals surface area contributed by atoms with E-state index in [-0.39, 0.29) is 5.69 Å². The number of hydrogen-bond acceptors (Lipinski definition) is 7. The minimum atomic E-state index is -0.196. The number of anilines is 1. The van der Waals surface area contributed by atoms with Gasteiger partial charge in [-0.15, -0.1) is 0 Å². The third-order valence-electron chi connectivity index (χ3n) is 9.01. The first-order chi connectivity index (χ1) is 19.0. The second-order valence-corrected chi connectivity index (χ2v) is 11.5. The number of H-pyrrole nitrogens is 1. The van der Waals surface area contributed by atoms with Gasteiger partial charge in [0, 0.05) is 55.1 Å². The number of aromatic amines is 1. The Morgan fingerprint density at radius 2 is 1.90 bits per heavy atom. The highest BCUT2D eigenvalue weighted by molar-refractivity contribution is 6.06. The first kappa shape index (κ1) is 24.6. The van der Waals surface area contributed by atoms with E-state index in [0.717, 1.165) is 103 Å². The molecule has 9 heteroatoms. The van der Waals surface area contributed by atoms with Gasteiger partial charge in [0.1, 0.15) is 5.82 Å². The molecule has 0 amide bonds. The molecule has 2 N–H and O–H groups in total. The molecular weight excluding hydrogens is 490 g/mol. The zero-order chi connectivity index (χ0) is 26.7. The number of aryl methyl sites for hydroxylation is 1. The highest BCUT2D eigenvalue weighted by atomic mass is 16.5. The highest BCUT2D eigenvalue weighted by Crippen LogP contribution is 2.52. The first-order valence-electron chi connectivity index (χ1n) is 14.3. The molecule has 1 atom stereocenters. The van der Waals surface area contributed by atoms with Gasteiger partial charge in [-0.05, 0) is 80.9 Å². The van der Waals surface area contributed by atoms with Gasteiger partial charge in [-0.3, -0.25) is 9.67 Å². The average molecular weight is 528 g/mol. The Balaban J connectivity index is 1.57. The molecule has 3 fully saturated rings. The summed E-state index contributed by atoms with van der Waals surface area (Å²) in [5.74, 6) is 2.04. The molecule has 2 aromatic heterocycles. The monoisotopic (exact) mass is 527 g/mol. The third kappa shape index (κ3) is 4.10. The zero-order valence-electron chi connectivity index (χ0n) is 23.1. The van der Waals surface area contributed by atoms with Crippen molar-refractivity contribution < 1.29 is 4.74 Å². The molecule has 3 aliphatic rings. The van der Waals surface area contributed by atoms with Crippen molar-refractivity contribution in [1.29, 1.82) is 0 Å². The Labute approximate surface area is 228 Å². The van der Waals surface area contributed by atoms with Crippen LogP contribution in [0.15, 0.2) is 29.2 Å². The van der Waals surface area contributed by atoms with Gasteiger partial charge in [-0.1, -0.05) is 6.07 Å². The summed E-state index contributed by atoms with van der Waals surface area (Å²) in [6, 6.07) is 6.87. The first-order valence-corrected chi connectivity index (χ1v) is 14.3. The smallest absolute Gasteiger partial charge is 0.350 e. The Kier molecular flexibility index (Phi) is 6.08. The van der Waals surface area contributed by atoms with Crippen molar-refractivity contribution in [3.05, 3.63) is 46.0 Å². The molecule has 1 saturated carbocycles. The predicted octanol–water partition coefficient (Wildman–Crippen LogP) is 3.64. The molecule has 1 aliphatic carbocycles. The summed E-state index contributed by atoms with van der Waals surface area (Å²) in [5.41, 5.74) is 6.37. The number of nitrogens with zero attached hydrogens (tertiary/aromatic N) is 5. The maximum atomic E-state index is 13.9. The van der Waals surface area contributed by atoms with Crippen molar-refractivity contribution >= 4 is 27.6 Å². The summed E-state index contributed by atoms with van der Waals surface area (Å²) in [7, 11) is 3.91. The molecule has 2 saturated heterocycles. The summed E-state index contributed by atoms with van der Waals surface area (Å²) < 4.78 is 8.28. The van der Waals surface area contributed by atoms with E-state index in [1.165, 1.54) is 11.1 Å². The molecule has 0 bridgehead atoms. The number of fused-ring (bicyclic) bond motifs is 2. The van der Waals surface area contributed by atoms with E-state index in [4.69, 9.17) is 9.72 Å². The van der Waals surface area contributed by atoms with Gasteiger partial charge in [0.15, 0.2) is 5.75 Å². The van der Waals surface area contributed by atoms with Crippen LogP contribution in [0.3, 0.4) is 0 Å². The number of aromatic nitrogens is 4. The summed E-state index contributed by atoms with van der Waals surface area (Å²) in [5, 5.41) is 13.1. The van der Waals surface area contributed by atoms with Crippen molar-refractivity contribution in [2.24, 2.45) is 0 Å². The average Bonchev–Trinajstić information content (AvgIpc) is 3.55. The maximum Gasteiger partial charge on any atom is 0.350 e. The summed E-state index contributed by atoms with van der Waals surface area (Å²) >= 11 is 0. The van der Waals surface area contributed by atoms with Crippen LogP contribution in [0, 0.1) is 6.92 Å². The third-order valence-corrected chi connectivity index (χ3v) is 9.01. The van der Waals surface area contributed by atoms with E-state index in [9.17, 15) is 4.79 Å². The lowest BCUT2D eigenvalue weighted by Gasteiger charge is -2.31. The van der Waals surface area contributed by atoms with Crippen LogP contribution in [0.25, 0.3) is 32.9 Å². The van der Waals surface area contributed by atoms with Gasteiger partial charge in [0.05, 0.1) is 24.3 Å². The summed E-state index contributed by atoms with van der Waals surface area (Å²) in [6.07, 6.45) is 6.45. The van der Waals surface area contributed by atoms with Gasteiger partial charge in [-0.25, -0.2) is 4.79 Å². The molecular formula is C30H37N7O2. The number of methoxy groups -OCH3 is 1. The van der Waals surface area contributed by atoms with Gasteiger partial charge in [0.2, 0.25) is 0 Å². The predicted molar refractivity (Wildman–Crippen MR) is 155 cm³/mol. The molecule has 1 unspecified atom stereocenters. The molecule has 39 heavy (non-hydrogen) atoms. The molecule has 204 valence electrons. The largest absolute Gasteiger partial charge is 0.494 e. The van der Waals surface area contributed by atoms with E-state index in [1.807, 2.05) is 10.8 Å². The fourth-order valence-corrected chi connectivity index (χ4v) is 6.75. The van der Waals surface area contributed by atoms with Crippen LogP contribution in [-0.4, -0.2) is 77.6 Å². The standard InChI is InChI=1S/C30H37N7O2/c1-18-6-9-24-23(16-32-34-24)25(18)26-21(19-7-8-19)15-22-27(28(26)39-3)37(17-20-5-4-12-35(20)2)30(38)33-29(22)36-13-10-31-11-14-36/h6,9,15-16,19-20,31H,4-5,7-8,10-14,17H2,1-3H3,(H,32,34). The minimum Gasteiger partial charge on any atom is -0.494 e. The number of hydrogen-bond donors (Lipinski definition) is 2. The molecule has 9 nitrogen and oxygen atoms in total. The molecule has 4 heterocycles. The highest BCUT2D eigenvalue weighted by Gasteiger charge is 2.34. The zero-order valence-corrected chi connectivity index (χ0v) is 23.1. The summed E-state index contributed by atoms with van der Waals surface area (Å²) in [4.78, 5) is 23.3. The van der Waals surface area contributed by atoms with E-state index < -0.39 is 0 Å². The van der Waals surface area contributed by atoms with Crippen molar-refractivity contribution in [2.75, 3.05) is 51.8 Å². The Morgan fingerprint density at radius 3 is 2.62 bits per heavy atom. The molecule has 4 aromatic rings. The van der Waals surface area contributed by atoms with Crippen LogP contribution >= 0.6 is 0 Å². The van der Waals surface area contributed by atoms with E-state index in [2.05, 4.69) is 57.5 Å². The molecule has 0 radical (unpaired) electrons. The van der Waals surface area contributed by atoms with E-state index in [1.54, 1.807) is 7.11 Å². The quantitative estimate of drug-likeness (QED) is 0.396. The Hall–Kier alpha value is -3.43. The van der Waals surface area contributed by atoms with Crippen molar-refractivity contribution in [3.8, 4) is 16.9 Å². The van der Waals surface area contributed by atoms with Crippen LogP contribution < -0.4 is 20.6 Å². The molecule has 0 spiro atoms. The van der Waals surface area contributed by atoms with Crippen LogP contribution in [0.4, 0.5) is 5.82 Å². The molecule has 7 rings (SSSR count). The van der Waals surface area contributed by atoms with E-state index >= 15 is 0 Å². The van der Waals surface area contributed by atoms with Gasteiger partial charge >= 0.3 is 5.69 Å². The topological polar surface area (TPSA) is 91.3 Å². The number of benzene rings is 2. The Bertz CT molecular complexity index is 1610. The molecule has 2 aromatic carbocycles. The fourth-order valence-electron chi connectivity index (χ4n) is 6.75.